The quantitative estimate of drug-likeness (QED) is 0.860. The fraction of sp³-hybridized carbons (Fsp3) is 0.500. The first-order valence-corrected chi connectivity index (χ1v) is 7.54. The van der Waals surface area contributed by atoms with Gasteiger partial charge in [0.2, 0.25) is 0 Å². The number of ether oxygens (including phenoxy) is 1. The van der Waals surface area contributed by atoms with E-state index in [-0.39, 0.29) is 6.10 Å². The third-order valence-corrected chi connectivity index (χ3v) is 3.68. The zero-order valence-corrected chi connectivity index (χ0v) is 13.3. The van der Waals surface area contributed by atoms with Gasteiger partial charge in [0.1, 0.15) is 11.9 Å². The number of aryl methyl sites for hydroxylation is 3. The second kappa shape index (κ2) is 6.46. The summed E-state index contributed by atoms with van der Waals surface area (Å²) in [7, 11) is 0. The van der Waals surface area contributed by atoms with Gasteiger partial charge in [-0.15, -0.1) is 0 Å². The van der Waals surface area contributed by atoms with E-state index in [2.05, 4.69) is 24.8 Å². The molecule has 116 valence electrons. The summed E-state index contributed by atoms with van der Waals surface area (Å²) in [6.07, 6.45) is 3.71. The first-order chi connectivity index (χ1) is 10.6. The van der Waals surface area contributed by atoms with Crippen LogP contribution in [0.15, 0.2) is 18.5 Å². The minimum atomic E-state index is -0.0706. The van der Waals surface area contributed by atoms with E-state index < -0.39 is 0 Å². The number of nitrogens with zero attached hydrogens (tertiary/aromatic N) is 5. The Labute approximate surface area is 130 Å². The van der Waals surface area contributed by atoms with Crippen LogP contribution in [0.5, 0.6) is 0 Å². The summed E-state index contributed by atoms with van der Waals surface area (Å²) in [5, 5.41) is 0. The van der Waals surface area contributed by atoms with Gasteiger partial charge in [-0.2, -0.15) is 0 Å². The third kappa shape index (κ3) is 3.64. The molecule has 6 heteroatoms. The van der Waals surface area contributed by atoms with Gasteiger partial charge in [-0.05, 0) is 26.8 Å². The standard InChI is InChI=1S/C16H21N5O/c1-11-6-12(2)20-16(19-11)15-10-21(4-5-22-15)9-14-7-17-13(3)18-8-14/h6-8,15H,4-5,9-10H2,1-3H3. The molecule has 3 heterocycles. The average Bonchev–Trinajstić information content (AvgIpc) is 2.49. The van der Waals surface area contributed by atoms with Crippen molar-refractivity contribution in [3.63, 3.8) is 0 Å². The van der Waals surface area contributed by atoms with E-state index in [4.69, 9.17) is 4.74 Å². The van der Waals surface area contributed by atoms with Gasteiger partial charge in [-0.3, -0.25) is 4.90 Å². The SMILES string of the molecule is Cc1cc(C)nc(C2CN(Cc3cnc(C)nc3)CCO2)n1. The molecule has 1 aliphatic heterocycles. The van der Waals surface area contributed by atoms with Gasteiger partial charge in [-0.25, -0.2) is 19.9 Å². The summed E-state index contributed by atoms with van der Waals surface area (Å²) in [5.41, 5.74) is 3.08. The highest BCUT2D eigenvalue weighted by Gasteiger charge is 2.24. The lowest BCUT2D eigenvalue weighted by Crippen LogP contribution is -2.38. The first-order valence-electron chi connectivity index (χ1n) is 7.54. The van der Waals surface area contributed by atoms with Crippen LogP contribution in [-0.4, -0.2) is 44.5 Å². The smallest absolute Gasteiger partial charge is 0.158 e. The first kappa shape index (κ1) is 15.0. The number of hydrogen-bond donors (Lipinski definition) is 0. The Morgan fingerprint density at radius 1 is 1.14 bits per heavy atom. The Morgan fingerprint density at radius 3 is 2.50 bits per heavy atom. The lowest BCUT2D eigenvalue weighted by molar-refractivity contribution is -0.0374. The van der Waals surface area contributed by atoms with Crippen molar-refractivity contribution in [2.75, 3.05) is 19.7 Å². The third-order valence-electron chi connectivity index (χ3n) is 3.68. The summed E-state index contributed by atoms with van der Waals surface area (Å²) in [6.45, 7) is 9.07. The molecule has 1 atom stereocenters. The van der Waals surface area contributed by atoms with Crippen LogP contribution in [0.4, 0.5) is 0 Å². The molecule has 0 spiro atoms. The van der Waals surface area contributed by atoms with Gasteiger partial charge in [-0.1, -0.05) is 0 Å². The summed E-state index contributed by atoms with van der Waals surface area (Å²) in [6, 6.07) is 1.98. The van der Waals surface area contributed by atoms with Crippen molar-refractivity contribution in [1.82, 2.24) is 24.8 Å². The molecule has 1 fully saturated rings. The van der Waals surface area contributed by atoms with Crippen LogP contribution >= 0.6 is 0 Å². The topological polar surface area (TPSA) is 64.0 Å². The van der Waals surface area contributed by atoms with E-state index in [9.17, 15) is 0 Å². The fourth-order valence-electron chi connectivity index (χ4n) is 2.66. The van der Waals surface area contributed by atoms with Crippen LogP contribution in [0.3, 0.4) is 0 Å². The number of rotatable bonds is 3. The Balaban J connectivity index is 1.69. The van der Waals surface area contributed by atoms with Crippen molar-refractivity contribution >= 4 is 0 Å². The maximum Gasteiger partial charge on any atom is 0.158 e. The van der Waals surface area contributed by atoms with E-state index in [0.29, 0.717) is 6.61 Å². The summed E-state index contributed by atoms with van der Waals surface area (Å²) in [5.74, 6) is 1.58. The summed E-state index contributed by atoms with van der Waals surface area (Å²) >= 11 is 0. The molecule has 1 saturated heterocycles. The van der Waals surface area contributed by atoms with Crippen molar-refractivity contribution in [2.24, 2.45) is 0 Å². The molecule has 2 aromatic heterocycles. The predicted molar refractivity (Wildman–Crippen MR) is 82.2 cm³/mol. The fourth-order valence-corrected chi connectivity index (χ4v) is 2.66. The van der Waals surface area contributed by atoms with Crippen LogP contribution in [0.1, 0.15) is 34.7 Å². The van der Waals surface area contributed by atoms with Gasteiger partial charge < -0.3 is 4.74 Å². The maximum absolute atomic E-state index is 5.86. The molecule has 0 saturated carbocycles. The van der Waals surface area contributed by atoms with E-state index in [1.165, 1.54) is 0 Å². The molecule has 3 rings (SSSR count). The van der Waals surface area contributed by atoms with Gasteiger partial charge >= 0.3 is 0 Å². The molecular weight excluding hydrogens is 278 g/mol. The summed E-state index contributed by atoms with van der Waals surface area (Å²) < 4.78 is 5.86. The Kier molecular flexibility index (Phi) is 4.40. The van der Waals surface area contributed by atoms with E-state index in [1.54, 1.807) is 0 Å². The van der Waals surface area contributed by atoms with Gasteiger partial charge in [0, 0.05) is 49.0 Å². The van der Waals surface area contributed by atoms with Crippen LogP contribution in [-0.2, 0) is 11.3 Å². The highest BCUT2D eigenvalue weighted by Crippen LogP contribution is 2.21. The predicted octanol–water partition coefficient (Wildman–Crippen LogP) is 1.77. The zero-order valence-electron chi connectivity index (χ0n) is 13.3. The van der Waals surface area contributed by atoms with E-state index in [1.807, 2.05) is 39.2 Å². The second-order valence-corrected chi connectivity index (χ2v) is 5.74. The van der Waals surface area contributed by atoms with Crippen LogP contribution in [0, 0.1) is 20.8 Å². The average molecular weight is 299 g/mol. The zero-order chi connectivity index (χ0) is 15.5. The lowest BCUT2D eigenvalue weighted by atomic mass is 10.2. The molecule has 22 heavy (non-hydrogen) atoms. The molecule has 2 aromatic rings. The van der Waals surface area contributed by atoms with Crippen LogP contribution < -0.4 is 0 Å². The monoisotopic (exact) mass is 299 g/mol. The van der Waals surface area contributed by atoms with Crippen molar-refractivity contribution < 1.29 is 4.74 Å². The summed E-state index contributed by atoms with van der Waals surface area (Å²) in [4.78, 5) is 19.9. The molecule has 1 unspecified atom stereocenters. The Hall–Kier alpha value is -1.92. The molecule has 0 amide bonds. The molecule has 0 radical (unpaired) electrons. The van der Waals surface area contributed by atoms with Crippen molar-refractivity contribution in [3.05, 3.63) is 47.1 Å². The van der Waals surface area contributed by atoms with Gasteiger partial charge in [0.05, 0.1) is 6.61 Å². The van der Waals surface area contributed by atoms with Crippen molar-refractivity contribution in [1.29, 1.82) is 0 Å². The highest BCUT2D eigenvalue weighted by atomic mass is 16.5. The lowest BCUT2D eigenvalue weighted by Gasteiger charge is -2.32. The Morgan fingerprint density at radius 2 is 1.82 bits per heavy atom. The number of aromatic nitrogens is 4. The minimum absolute atomic E-state index is 0.0706. The van der Waals surface area contributed by atoms with Gasteiger partial charge in [0.15, 0.2) is 5.82 Å². The largest absolute Gasteiger partial charge is 0.368 e. The molecular formula is C16H21N5O. The van der Waals surface area contributed by atoms with Crippen LogP contribution in [0.25, 0.3) is 0 Å². The van der Waals surface area contributed by atoms with E-state index in [0.717, 1.165) is 48.2 Å². The number of hydrogen-bond acceptors (Lipinski definition) is 6. The van der Waals surface area contributed by atoms with Crippen molar-refractivity contribution in [3.8, 4) is 0 Å². The molecule has 0 bridgehead atoms. The normalized spacial score (nSPS) is 19.3. The minimum Gasteiger partial charge on any atom is -0.368 e. The van der Waals surface area contributed by atoms with E-state index >= 15 is 0 Å². The Bertz CT molecular complexity index is 623. The van der Waals surface area contributed by atoms with Gasteiger partial charge in [0.25, 0.3) is 0 Å². The molecule has 6 nitrogen and oxygen atoms in total. The highest BCUT2D eigenvalue weighted by molar-refractivity contribution is 5.11. The second-order valence-electron chi connectivity index (χ2n) is 5.74. The molecule has 0 N–H and O–H groups in total. The maximum atomic E-state index is 5.86. The number of morpholine rings is 1. The van der Waals surface area contributed by atoms with Crippen LogP contribution in [0.2, 0.25) is 0 Å². The molecule has 0 aliphatic carbocycles. The molecule has 1 aliphatic rings. The van der Waals surface area contributed by atoms with Crippen molar-refractivity contribution in [2.45, 2.75) is 33.4 Å². The molecule has 0 aromatic carbocycles.